The summed E-state index contributed by atoms with van der Waals surface area (Å²) in [5.74, 6) is 1.68. The SMILES string of the molecule is Nc1ncnc2c1ncn2CCC(=O)N1CC(c2nc3ccccc3[nH]2)C1. The second-order valence-corrected chi connectivity index (χ2v) is 6.75. The van der Waals surface area contributed by atoms with Crippen LogP contribution in [0.5, 0.6) is 0 Å². The highest BCUT2D eigenvalue weighted by Crippen LogP contribution is 2.27. The third-order valence-corrected chi connectivity index (χ3v) is 5.02. The molecule has 9 heteroatoms. The maximum atomic E-state index is 12.5. The predicted octanol–water partition coefficient (Wildman–Crippen LogP) is 1.30. The number of rotatable bonds is 4. The number of nitrogens with zero attached hydrogens (tertiary/aromatic N) is 6. The number of aromatic amines is 1. The van der Waals surface area contributed by atoms with Gasteiger partial charge in [-0.2, -0.15) is 0 Å². The van der Waals surface area contributed by atoms with Crippen molar-refractivity contribution in [2.45, 2.75) is 18.9 Å². The molecular formula is C18H18N8O. The number of anilines is 1. The van der Waals surface area contributed by atoms with Crippen LogP contribution in [0.3, 0.4) is 0 Å². The van der Waals surface area contributed by atoms with Crippen molar-refractivity contribution in [3.8, 4) is 0 Å². The molecule has 136 valence electrons. The first-order chi connectivity index (χ1) is 13.2. The van der Waals surface area contributed by atoms with Crippen molar-refractivity contribution >= 4 is 33.9 Å². The third-order valence-electron chi connectivity index (χ3n) is 5.02. The number of nitrogens with two attached hydrogens (primary N) is 1. The summed E-state index contributed by atoms with van der Waals surface area (Å²) >= 11 is 0. The number of amides is 1. The molecule has 4 aromatic rings. The molecule has 1 amide bonds. The number of aromatic nitrogens is 6. The van der Waals surface area contributed by atoms with Crippen LogP contribution in [0, 0.1) is 0 Å². The first kappa shape index (κ1) is 15.7. The number of nitrogen functional groups attached to an aromatic ring is 1. The van der Waals surface area contributed by atoms with E-state index < -0.39 is 0 Å². The molecule has 3 N–H and O–H groups in total. The molecule has 0 unspecified atom stereocenters. The van der Waals surface area contributed by atoms with E-state index in [4.69, 9.17) is 5.73 Å². The number of benzene rings is 1. The molecule has 0 bridgehead atoms. The molecular weight excluding hydrogens is 344 g/mol. The molecule has 0 saturated carbocycles. The van der Waals surface area contributed by atoms with Crippen molar-refractivity contribution in [2.24, 2.45) is 0 Å². The molecule has 0 spiro atoms. The summed E-state index contributed by atoms with van der Waals surface area (Å²) in [5.41, 5.74) is 9.01. The van der Waals surface area contributed by atoms with E-state index in [1.807, 2.05) is 33.7 Å². The zero-order chi connectivity index (χ0) is 18.4. The van der Waals surface area contributed by atoms with Crippen LogP contribution in [0.15, 0.2) is 36.9 Å². The Morgan fingerprint density at radius 2 is 2.07 bits per heavy atom. The minimum atomic E-state index is 0.117. The van der Waals surface area contributed by atoms with Gasteiger partial charge in [-0.3, -0.25) is 4.79 Å². The second-order valence-electron chi connectivity index (χ2n) is 6.75. The van der Waals surface area contributed by atoms with Crippen molar-refractivity contribution in [1.29, 1.82) is 0 Å². The fraction of sp³-hybridized carbons (Fsp3) is 0.278. The number of likely N-dealkylation sites (tertiary alicyclic amines) is 1. The number of carbonyl (C=O) groups excluding carboxylic acids is 1. The van der Waals surface area contributed by atoms with Gasteiger partial charge in [-0.25, -0.2) is 19.9 Å². The molecule has 1 aromatic carbocycles. The van der Waals surface area contributed by atoms with Crippen molar-refractivity contribution in [3.63, 3.8) is 0 Å². The maximum Gasteiger partial charge on any atom is 0.224 e. The molecule has 1 saturated heterocycles. The van der Waals surface area contributed by atoms with Crippen LogP contribution < -0.4 is 5.73 Å². The summed E-state index contributed by atoms with van der Waals surface area (Å²) in [6.07, 6.45) is 3.45. The van der Waals surface area contributed by atoms with Crippen LogP contribution in [-0.4, -0.2) is 53.4 Å². The number of fused-ring (bicyclic) bond motifs is 2. The first-order valence-corrected chi connectivity index (χ1v) is 8.83. The molecule has 1 aliphatic heterocycles. The molecule has 4 heterocycles. The Hall–Kier alpha value is -3.49. The van der Waals surface area contributed by atoms with E-state index in [1.54, 1.807) is 6.33 Å². The van der Waals surface area contributed by atoms with Crippen LogP contribution in [0.1, 0.15) is 18.2 Å². The number of aryl methyl sites for hydroxylation is 1. The average molecular weight is 362 g/mol. The van der Waals surface area contributed by atoms with Gasteiger partial charge in [-0.05, 0) is 12.1 Å². The number of hydrogen-bond acceptors (Lipinski definition) is 6. The van der Waals surface area contributed by atoms with Crippen LogP contribution in [0.2, 0.25) is 0 Å². The van der Waals surface area contributed by atoms with E-state index >= 15 is 0 Å². The van der Waals surface area contributed by atoms with Crippen molar-refractivity contribution < 1.29 is 4.79 Å². The van der Waals surface area contributed by atoms with E-state index in [2.05, 4.69) is 24.9 Å². The van der Waals surface area contributed by atoms with Gasteiger partial charge in [0, 0.05) is 26.1 Å². The maximum absolute atomic E-state index is 12.5. The lowest BCUT2D eigenvalue weighted by atomic mass is 9.99. The summed E-state index contributed by atoms with van der Waals surface area (Å²) in [6, 6.07) is 7.96. The normalized spacial score (nSPS) is 14.7. The zero-order valence-corrected chi connectivity index (χ0v) is 14.5. The van der Waals surface area contributed by atoms with Gasteiger partial charge in [0.25, 0.3) is 0 Å². The zero-order valence-electron chi connectivity index (χ0n) is 14.5. The van der Waals surface area contributed by atoms with Gasteiger partial charge >= 0.3 is 0 Å². The summed E-state index contributed by atoms with van der Waals surface area (Å²) in [5, 5.41) is 0. The quantitative estimate of drug-likeness (QED) is 0.565. The fourth-order valence-electron chi connectivity index (χ4n) is 3.46. The van der Waals surface area contributed by atoms with Crippen molar-refractivity contribution in [1.82, 2.24) is 34.4 Å². The summed E-state index contributed by atoms with van der Waals surface area (Å²) in [7, 11) is 0. The Labute approximate surface area is 154 Å². The molecule has 27 heavy (non-hydrogen) atoms. The molecule has 1 aliphatic rings. The lowest BCUT2D eigenvalue weighted by molar-refractivity contribution is -0.135. The highest BCUT2D eigenvalue weighted by atomic mass is 16.2. The minimum absolute atomic E-state index is 0.117. The van der Waals surface area contributed by atoms with Gasteiger partial charge in [0.15, 0.2) is 11.5 Å². The number of imidazole rings is 2. The van der Waals surface area contributed by atoms with Crippen LogP contribution in [0.25, 0.3) is 22.2 Å². The first-order valence-electron chi connectivity index (χ1n) is 8.83. The summed E-state index contributed by atoms with van der Waals surface area (Å²) < 4.78 is 1.84. The predicted molar refractivity (Wildman–Crippen MR) is 99.8 cm³/mol. The summed E-state index contributed by atoms with van der Waals surface area (Å²) in [6.45, 7) is 1.90. The van der Waals surface area contributed by atoms with Gasteiger partial charge in [0.05, 0.1) is 23.3 Å². The van der Waals surface area contributed by atoms with E-state index in [1.165, 1.54) is 6.33 Å². The number of hydrogen-bond donors (Lipinski definition) is 2. The summed E-state index contributed by atoms with van der Waals surface area (Å²) in [4.78, 5) is 34.7. The van der Waals surface area contributed by atoms with Gasteiger partial charge in [-0.1, -0.05) is 12.1 Å². The molecule has 9 nitrogen and oxygen atoms in total. The highest BCUT2D eigenvalue weighted by molar-refractivity contribution is 5.81. The van der Waals surface area contributed by atoms with Gasteiger partial charge < -0.3 is 20.2 Å². The Morgan fingerprint density at radius 3 is 2.93 bits per heavy atom. The van der Waals surface area contributed by atoms with Crippen LogP contribution >= 0.6 is 0 Å². The molecule has 1 fully saturated rings. The standard InChI is InChI=1S/C18H18N8O/c19-16-15-18(21-9-20-16)25(10-22-15)6-5-14(27)26-7-11(8-26)17-23-12-3-1-2-4-13(12)24-17/h1-4,9-11H,5-8H2,(H,23,24)(H2,19,20,21). The molecule has 0 atom stereocenters. The molecule has 5 rings (SSSR count). The molecule has 3 aromatic heterocycles. The van der Waals surface area contributed by atoms with E-state index in [0.29, 0.717) is 43.0 Å². The molecule has 0 aliphatic carbocycles. The van der Waals surface area contributed by atoms with E-state index in [9.17, 15) is 4.79 Å². The third kappa shape index (κ3) is 2.67. The largest absolute Gasteiger partial charge is 0.382 e. The lowest BCUT2D eigenvalue weighted by Gasteiger charge is -2.38. The monoisotopic (exact) mass is 362 g/mol. The highest BCUT2D eigenvalue weighted by Gasteiger charge is 2.33. The van der Waals surface area contributed by atoms with Gasteiger partial charge in [0.2, 0.25) is 5.91 Å². The van der Waals surface area contributed by atoms with Crippen molar-refractivity contribution in [2.75, 3.05) is 18.8 Å². The van der Waals surface area contributed by atoms with E-state index in [-0.39, 0.29) is 11.8 Å². The Kier molecular flexibility index (Phi) is 3.52. The fourth-order valence-corrected chi connectivity index (χ4v) is 3.46. The minimum Gasteiger partial charge on any atom is -0.382 e. The Bertz CT molecular complexity index is 1110. The van der Waals surface area contributed by atoms with E-state index in [0.717, 1.165) is 16.9 Å². The smallest absolute Gasteiger partial charge is 0.224 e. The Morgan fingerprint density at radius 1 is 1.22 bits per heavy atom. The lowest BCUT2D eigenvalue weighted by Crippen LogP contribution is -2.49. The number of nitrogens with one attached hydrogen (secondary N) is 1. The van der Waals surface area contributed by atoms with Crippen LogP contribution in [0.4, 0.5) is 5.82 Å². The average Bonchev–Trinajstić information content (AvgIpc) is 3.23. The number of para-hydroxylation sites is 2. The molecule has 0 radical (unpaired) electrons. The van der Waals surface area contributed by atoms with Crippen molar-refractivity contribution in [3.05, 3.63) is 42.7 Å². The van der Waals surface area contributed by atoms with Gasteiger partial charge in [0.1, 0.15) is 17.7 Å². The van der Waals surface area contributed by atoms with Gasteiger partial charge in [-0.15, -0.1) is 0 Å². The number of H-pyrrole nitrogens is 1. The Balaban J connectivity index is 1.21. The second kappa shape index (κ2) is 6.04. The topological polar surface area (TPSA) is 119 Å². The van der Waals surface area contributed by atoms with Crippen LogP contribution in [-0.2, 0) is 11.3 Å². The number of carbonyl (C=O) groups is 1.